The van der Waals surface area contributed by atoms with Crippen LogP contribution in [0.4, 0.5) is 4.79 Å². The average molecular weight is 588 g/mol. The molecule has 2 aromatic rings. The molecule has 0 spiro atoms. The third-order valence-electron chi connectivity index (χ3n) is 6.26. The number of hydrogen-bond acceptors (Lipinski definition) is 6. The Morgan fingerprint density at radius 1 is 1.05 bits per heavy atom. The van der Waals surface area contributed by atoms with Crippen molar-refractivity contribution in [3.63, 3.8) is 0 Å². The predicted molar refractivity (Wildman–Crippen MR) is 149 cm³/mol. The lowest BCUT2D eigenvalue weighted by Crippen LogP contribution is -2.42. The van der Waals surface area contributed by atoms with Crippen LogP contribution in [-0.2, 0) is 16.2 Å². The van der Waals surface area contributed by atoms with E-state index in [1.807, 2.05) is 44.2 Å². The van der Waals surface area contributed by atoms with Crippen LogP contribution in [0, 0.1) is 6.92 Å². The Morgan fingerprint density at radius 2 is 1.76 bits per heavy atom. The maximum Gasteiger partial charge on any atom is 0.294 e. The minimum atomic E-state index is -0.452. The summed E-state index contributed by atoms with van der Waals surface area (Å²) in [6.45, 7) is 5.87. The third kappa shape index (κ3) is 6.96. The summed E-state index contributed by atoms with van der Waals surface area (Å²) in [4.78, 5) is 41.5. The minimum Gasteiger partial charge on any atom is -0.490 e. The number of amides is 3. The SMILES string of the molecule is CCOc1cc(C=C2SC(=O)N(CC(=O)N3CCCCCC3)C2=O)cc(Br)c1OCc1ccc(C)cc1. The number of halogens is 1. The van der Waals surface area contributed by atoms with Gasteiger partial charge in [-0.3, -0.25) is 19.3 Å². The van der Waals surface area contributed by atoms with Crippen molar-refractivity contribution in [3.05, 3.63) is 62.5 Å². The molecule has 0 N–H and O–H groups in total. The average Bonchev–Trinajstić information content (AvgIpc) is 3.05. The van der Waals surface area contributed by atoms with Gasteiger partial charge in [-0.2, -0.15) is 0 Å². The van der Waals surface area contributed by atoms with E-state index in [0.29, 0.717) is 47.8 Å². The van der Waals surface area contributed by atoms with Crippen molar-refractivity contribution in [3.8, 4) is 11.5 Å². The van der Waals surface area contributed by atoms with E-state index in [1.165, 1.54) is 5.56 Å². The van der Waals surface area contributed by atoms with Crippen LogP contribution in [-0.4, -0.2) is 53.1 Å². The van der Waals surface area contributed by atoms with Crippen molar-refractivity contribution >= 4 is 50.8 Å². The molecule has 37 heavy (non-hydrogen) atoms. The summed E-state index contributed by atoms with van der Waals surface area (Å²) in [6.07, 6.45) is 5.76. The Kier molecular flexibility index (Phi) is 9.32. The summed E-state index contributed by atoms with van der Waals surface area (Å²) in [7, 11) is 0. The van der Waals surface area contributed by atoms with Gasteiger partial charge in [-0.25, -0.2) is 0 Å². The highest BCUT2D eigenvalue weighted by atomic mass is 79.9. The minimum absolute atomic E-state index is 0.179. The van der Waals surface area contributed by atoms with E-state index in [2.05, 4.69) is 15.9 Å². The molecule has 4 rings (SSSR count). The lowest BCUT2D eigenvalue weighted by atomic mass is 10.1. The highest BCUT2D eigenvalue weighted by Crippen LogP contribution is 2.39. The number of benzene rings is 2. The molecule has 0 aliphatic carbocycles. The molecule has 0 unspecified atom stereocenters. The first-order valence-corrected chi connectivity index (χ1v) is 14.1. The molecule has 2 aliphatic rings. The smallest absolute Gasteiger partial charge is 0.294 e. The van der Waals surface area contributed by atoms with Gasteiger partial charge in [0.05, 0.1) is 16.0 Å². The number of likely N-dealkylation sites (tertiary alicyclic amines) is 1. The molecule has 2 aromatic carbocycles. The summed E-state index contributed by atoms with van der Waals surface area (Å²) < 4.78 is 12.6. The Morgan fingerprint density at radius 3 is 2.43 bits per heavy atom. The van der Waals surface area contributed by atoms with Gasteiger partial charge in [-0.1, -0.05) is 42.7 Å². The van der Waals surface area contributed by atoms with E-state index in [4.69, 9.17) is 9.47 Å². The van der Waals surface area contributed by atoms with Crippen molar-refractivity contribution in [1.29, 1.82) is 0 Å². The zero-order valence-electron chi connectivity index (χ0n) is 21.1. The molecule has 2 aliphatic heterocycles. The van der Waals surface area contributed by atoms with Gasteiger partial charge < -0.3 is 14.4 Å². The van der Waals surface area contributed by atoms with Gasteiger partial charge in [-0.15, -0.1) is 0 Å². The maximum absolute atomic E-state index is 13.0. The number of thioether (sulfide) groups is 1. The van der Waals surface area contributed by atoms with Gasteiger partial charge in [0, 0.05) is 13.1 Å². The molecule has 0 radical (unpaired) electrons. The van der Waals surface area contributed by atoms with Crippen LogP contribution in [0.2, 0.25) is 0 Å². The molecule has 2 fully saturated rings. The van der Waals surface area contributed by atoms with Crippen molar-refractivity contribution in [2.75, 3.05) is 26.2 Å². The Labute approximate surface area is 230 Å². The van der Waals surface area contributed by atoms with Crippen molar-refractivity contribution < 1.29 is 23.9 Å². The highest BCUT2D eigenvalue weighted by Gasteiger charge is 2.37. The van der Waals surface area contributed by atoms with Crippen LogP contribution in [0.5, 0.6) is 11.5 Å². The number of ether oxygens (including phenoxy) is 2. The van der Waals surface area contributed by atoms with Crippen molar-refractivity contribution in [2.45, 2.75) is 46.1 Å². The molecular weight excluding hydrogens is 556 g/mol. The highest BCUT2D eigenvalue weighted by molar-refractivity contribution is 9.10. The first kappa shape index (κ1) is 27.3. The van der Waals surface area contributed by atoms with E-state index in [0.717, 1.165) is 47.9 Å². The maximum atomic E-state index is 13.0. The number of carbonyl (C=O) groups excluding carboxylic acids is 3. The molecule has 0 bridgehead atoms. The Bertz CT molecular complexity index is 1190. The van der Waals surface area contributed by atoms with Crippen LogP contribution in [0.25, 0.3) is 6.08 Å². The number of imide groups is 1. The fourth-order valence-electron chi connectivity index (χ4n) is 4.26. The number of hydrogen-bond donors (Lipinski definition) is 0. The molecule has 0 saturated carbocycles. The third-order valence-corrected chi connectivity index (χ3v) is 7.76. The van der Waals surface area contributed by atoms with Gasteiger partial charge >= 0.3 is 0 Å². The molecule has 7 nitrogen and oxygen atoms in total. The molecule has 196 valence electrons. The second-order valence-electron chi connectivity index (χ2n) is 9.10. The zero-order chi connectivity index (χ0) is 26.4. The molecule has 2 heterocycles. The summed E-state index contributed by atoms with van der Waals surface area (Å²) in [5.41, 5.74) is 2.90. The van der Waals surface area contributed by atoms with E-state index < -0.39 is 11.1 Å². The summed E-state index contributed by atoms with van der Waals surface area (Å²) in [6, 6.07) is 11.7. The standard InChI is InChI=1S/C28H31BrN2O5S/c1-3-35-23-15-21(14-22(29)26(23)36-18-20-10-8-19(2)9-11-20)16-24-27(33)31(28(34)37-24)17-25(32)30-12-6-4-5-7-13-30/h8-11,14-16H,3-7,12-13,17-18H2,1-2H3. The van der Waals surface area contributed by atoms with E-state index in [1.54, 1.807) is 17.0 Å². The first-order valence-electron chi connectivity index (χ1n) is 12.5. The quantitative estimate of drug-likeness (QED) is 0.344. The fraction of sp³-hybridized carbons (Fsp3) is 0.393. The van der Waals surface area contributed by atoms with Gasteiger partial charge in [0.1, 0.15) is 13.2 Å². The Balaban J connectivity index is 1.49. The molecule has 9 heteroatoms. The number of rotatable bonds is 8. The first-order chi connectivity index (χ1) is 17.9. The van der Waals surface area contributed by atoms with E-state index >= 15 is 0 Å². The van der Waals surface area contributed by atoms with Gasteiger partial charge in [-0.05, 0) is 83.7 Å². The number of nitrogens with zero attached hydrogens (tertiary/aromatic N) is 2. The van der Waals surface area contributed by atoms with Crippen LogP contribution < -0.4 is 9.47 Å². The van der Waals surface area contributed by atoms with Crippen LogP contribution in [0.3, 0.4) is 0 Å². The van der Waals surface area contributed by atoms with Crippen LogP contribution in [0.1, 0.15) is 49.3 Å². The number of aryl methyl sites for hydroxylation is 1. The normalized spacial score (nSPS) is 17.3. The van der Waals surface area contributed by atoms with Gasteiger partial charge in [0.15, 0.2) is 11.5 Å². The second-order valence-corrected chi connectivity index (χ2v) is 10.9. The predicted octanol–water partition coefficient (Wildman–Crippen LogP) is 6.17. The van der Waals surface area contributed by atoms with Gasteiger partial charge in [0.2, 0.25) is 5.91 Å². The number of carbonyl (C=O) groups is 3. The van der Waals surface area contributed by atoms with Crippen LogP contribution >= 0.6 is 27.7 Å². The molecule has 0 aromatic heterocycles. The van der Waals surface area contributed by atoms with E-state index in [-0.39, 0.29) is 17.4 Å². The van der Waals surface area contributed by atoms with Crippen molar-refractivity contribution in [2.24, 2.45) is 0 Å². The van der Waals surface area contributed by atoms with Crippen molar-refractivity contribution in [1.82, 2.24) is 9.80 Å². The fourth-order valence-corrected chi connectivity index (χ4v) is 5.67. The summed E-state index contributed by atoms with van der Waals surface area (Å²) in [5, 5.41) is -0.429. The summed E-state index contributed by atoms with van der Waals surface area (Å²) in [5.74, 6) is 0.468. The molecule has 2 saturated heterocycles. The largest absolute Gasteiger partial charge is 0.490 e. The van der Waals surface area contributed by atoms with Crippen LogP contribution in [0.15, 0.2) is 45.8 Å². The van der Waals surface area contributed by atoms with E-state index in [9.17, 15) is 14.4 Å². The molecule has 3 amide bonds. The van der Waals surface area contributed by atoms with Gasteiger partial charge in [0.25, 0.3) is 11.1 Å². The molecule has 0 atom stereocenters. The second kappa shape index (κ2) is 12.6. The lowest BCUT2D eigenvalue weighted by Gasteiger charge is -2.22. The monoisotopic (exact) mass is 586 g/mol. The topological polar surface area (TPSA) is 76.2 Å². The zero-order valence-corrected chi connectivity index (χ0v) is 23.5. The summed E-state index contributed by atoms with van der Waals surface area (Å²) >= 11 is 4.42. The molecular formula is C28H31BrN2O5S. The Hall–Kier alpha value is -2.78. The lowest BCUT2D eigenvalue weighted by molar-refractivity contribution is -0.135.